The Bertz CT molecular complexity index is 580. The standard InChI is InChI=1S/C17H17NO2/c1-16(2)18-15(19)17(20-16,13-9-5-3-6-10-13)14-11-7-4-8-12-14/h3-12H,1-2H3,(H,18,19). The van der Waals surface area contributed by atoms with Gasteiger partial charge >= 0.3 is 0 Å². The van der Waals surface area contributed by atoms with Crippen LogP contribution in [0, 0.1) is 0 Å². The van der Waals surface area contributed by atoms with Crippen LogP contribution in [0.2, 0.25) is 0 Å². The van der Waals surface area contributed by atoms with Crippen LogP contribution in [0.5, 0.6) is 0 Å². The first-order chi connectivity index (χ1) is 9.55. The third kappa shape index (κ3) is 1.91. The van der Waals surface area contributed by atoms with Gasteiger partial charge < -0.3 is 10.1 Å². The maximum Gasteiger partial charge on any atom is 0.263 e. The normalized spacial score (nSPS) is 19.6. The molecule has 3 rings (SSSR count). The number of ether oxygens (including phenoxy) is 1. The summed E-state index contributed by atoms with van der Waals surface area (Å²) in [4.78, 5) is 12.7. The van der Waals surface area contributed by atoms with Gasteiger partial charge in [-0.15, -0.1) is 0 Å². The van der Waals surface area contributed by atoms with Gasteiger partial charge in [-0.05, 0) is 25.0 Å². The van der Waals surface area contributed by atoms with Gasteiger partial charge in [0.1, 0.15) is 5.72 Å². The summed E-state index contributed by atoms with van der Waals surface area (Å²) in [7, 11) is 0. The van der Waals surface area contributed by atoms with E-state index in [4.69, 9.17) is 4.74 Å². The lowest BCUT2D eigenvalue weighted by atomic mass is 9.86. The molecule has 2 aromatic rings. The summed E-state index contributed by atoms with van der Waals surface area (Å²) >= 11 is 0. The molecule has 0 bridgehead atoms. The Morgan fingerprint density at radius 1 is 0.850 bits per heavy atom. The van der Waals surface area contributed by atoms with Crippen molar-refractivity contribution in [2.75, 3.05) is 0 Å². The van der Waals surface area contributed by atoms with E-state index < -0.39 is 11.3 Å². The predicted molar refractivity (Wildman–Crippen MR) is 77.0 cm³/mol. The van der Waals surface area contributed by atoms with Crippen LogP contribution in [0.3, 0.4) is 0 Å². The number of amides is 1. The second-order valence-electron chi connectivity index (χ2n) is 5.48. The van der Waals surface area contributed by atoms with E-state index >= 15 is 0 Å². The number of hydrogen-bond donors (Lipinski definition) is 1. The molecule has 102 valence electrons. The average Bonchev–Trinajstić information content (AvgIpc) is 2.71. The Morgan fingerprint density at radius 2 is 1.30 bits per heavy atom. The molecule has 0 aromatic heterocycles. The number of benzene rings is 2. The van der Waals surface area contributed by atoms with E-state index in [0.29, 0.717) is 0 Å². The van der Waals surface area contributed by atoms with Crippen molar-refractivity contribution in [2.24, 2.45) is 0 Å². The molecule has 1 fully saturated rings. The van der Waals surface area contributed by atoms with Crippen molar-refractivity contribution >= 4 is 5.91 Å². The zero-order valence-corrected chi connectivity index (χ0v) is 11.6. The molecule has 3 heteroatoms. The molecule has 1 heterocycles. The third-order valence-electron chi connectivity index (χ3n) is 3.50. The molecule has 1 N–H and O–H groups in total. The van der Waals surface area contributed by atoms with E-state index in [1.165, 1.54) is 0 Å². The van der Waals surface area contributed by atoms with Crippen molar-refractivity contribution in [2.45, 2.75) is 25.2 Å². The number of carbonyl (C=O) groups is 1. The van der Waals surface area contributed by atoms with Crippen molar-refractivity contribution in [3.8, 4) is 0 Å². The van der Waals surface area contributed by atoms with Gasteiger partial charge in [-0.2, -0.15) is 0 Å². The molecule has 0 unspecified atom stereocenters. The zero-order chi connectivity index (χ0) is 14.2. The molecule has 2 aromatic carbocycles. The summed E-state index contributed by atoms with van der Waals surface area (Å²) in [5.41, 5.74) is -0.0852. The summed E-state index contributed by atoms with van der Waals surface area (Å²) < 4.78 is 6.16. The first-order valence-electron chi connectivity index (χ1n) is 6.68. The first-order valence-corrected chi connectivity index (χ1v) is 6.68. The van der Waals surface area contributed by atoms with Crippen molar-refractivity contribution in [3.63, 3.8) is 0 Å². The lowest BCUT2D eigenvalue weighted by molar-refractivity contribution is -0.132. The molecule has 3 nitrogen and oxygen atoms in total. The molecule has 0 saturated carbocycles. The van der Waals surface area contributed by atoms with Crippen LogP contribution in [0.4, 0.5) is 0 Å². The SMILES string of the molecule is CC1(C)NC(=O)C(c2ccccc2)(c2ccccc2)O1. The molecule has 0 aliphatic carbocycles. The van der Waals surface area contributed by atoms with Crippen molar-refractivity contribution in [1.29, 1.82) is 0 Å². The third-order valence-corrected chi connectivity index (χ3v) is 3.50. The van der Waals surface area contributed by atoms with Gasteiger partial charge in [-0.1, -0.05) is 60.7 Å². The molecule has 1 saturated heterocycles. The highest BCUT2D eigenvalue weighted by atomic mass is 16.6. The fraction of sp³-hybridized carbons (Fsp3) is 0.235. The summed E-state index contributed by atoms with van der Waals surface area (Å²) in [6.45, 7) is 3.72. The highest BCUT2D eigenvalue weighted by Crippen LogP contribution is 2.41. The number of carbonyl (C=O) groups excluding carboxylic acids is 1. The highest BCUT2D eigenvalue weighted by Gasteiger charge is 2.53. The summed E-state index contributed by atoms with van der Waals surface area (Å²) in [5, 5.41) is 2.92. The van der Waals surface area contributed by atoms with E-state index in [-0.39, 0.29) is 5.91 Å². The quantitative estimate of drug-likeness (QED) is 0.908. The van der Waals surface area contributed by atoms with E-state index in [2.05, 4.69) is 5.32 Å². The molecular weight excluding hydrogens is 250 g/mol. The van der Waals surface area contributed by atoms with Gasteiger partial charge in [0, 0.05) is 0 Å². The second kappa shape index (κ2) is 4.46. The minimum absolute atomic E-state index is 0.125. The van der Waals surface area contributed by atoms with Crippen LogP contribution in [-0.4, -0.2) is 11.6 Å². The van der Waals surface area contributed by atoms with Gasteiger partial charge in [-0.3, -0.25) is 4.79 Å². The Hall–Kier alpha value is -2.13. The second-order valence-corrected chi connectivity index (χ2v) is 5.48. The van der Waals surface area contributed by atoms with E-state index in [1.54, 1.807) is 0 Å². The molecule has 20 heavy (non-hydrogen) atoms. The summed E-state index contributed by atoms with van der Waals surface area (Å²) in [6.07, 6.45) is 0. The van der Waals surface area contributed by atoms with Crippen molar-refractivity contribution in [3.05, 3.63) is 71.8 Å². The van der Waals surface area contributed by atoms with E-state index in [1.807, 2.05) is 74.5 Å². The van der Waals surface area contributed by atoms with E-state index in [0.717, 1.165) is 11.1 Å². The van der Waals surface area contributed by atoms with E-state index in [9.17, 15) is 4.79 Å². The number of nitrogens with one attached hydrogen (secondary N) is 1. The van der Waals surface area contributed by atoms with Gasteiger partial charge in [0.15, 0.2) is 5.60 Å². The molecule has 1 amide bonds. The highest BCUT2D eigenvalue weighted by molar-refractivity contribution is 5.92. The Balaban J connectivity index is 2.22. The van der Waals surface area contributed by atoms with Gasteiger partial charge in [0.2, 0.25) is 0 Å². The largest absolute Gasteiger partial charge is 0.331 e. The molecule has 1 aliphatic rings. The van der Waals surface area contributed by atoms with Gasteiger partial charge in [0.05, 0.1) is 0 Å². The van der Waals surface area contributed by atoms with Crippen LogP contribution in [0.15, 0.2) is 60.7 Å². The van der Waals surface area contributed by atoms with Gasteiger partial charge in [-0.25, -0.2) is 0 Å². The number of hydrogen-bond acceptors (Lipinski definition) is 2. The minimum atomic E-state index is -1.08. The first kappa shape index (κ1) is 12.9. The molecule has 0 atom stereocenters. The Kier molecular flexibility index (Phi) is 2.87. The zero-order valence-electron chi connectivity index (χ0n) is 11.6. The summed E-state index contributed by atoms with van der Waals surface area (Å²) in [5.74, 6) is -0.125. The summed E-state index contributed by atoms with van der Waals surface area (Å²) in [6, 6.07) is 19.2. The van der Waals surface area contributed by atoms with Crippen molar-refractivity contribution in [1.82, 2.24) is 5.32 Å². The van der Waals surface area contributed by atoms with Crippen LogP contribution >= 0.6 is 0 Å². The molecule has 1 aliphatic heterocycles. The Morgan fingerprint density at radius 3 is 1.65 bits per heavy atom. The Labute approximate surface area is 118 Å². The monoisotopic (exact) mass is 267 g/mol. The maximum absolute atomic E-state index is 12.7. The van der Waals surface area contributed by atoms with Crippen molar-refractivity contribution < 1.29 is 9.53 Å². The average molecular weight is 267 g/mol. The maximum atomic E-state index is 12.7. The van der Waals surface area contributed by atoms with Gasteiger partial charge in [0.25, 0.3) is 5.91 Å². The molecular formula is C17H17NO2. The molecule has 0 spiro atoms. The fourth-order valence-electron chi connectivity index (χ4n) is 2.71. The lowest BCUT2D eigenvalue weighted by Crippen LogP contribution is -2.38. The van der Waals surface area contributed by atoms with Crippen LogP contribution in [-0.2, 0) is 15.1 Å². The topological polar surface area (TPSA) is 38.3 Å². The number of rotatable bonds is 2. The van der Waals surface area contributed by atoms with Crippen LogP contribution in [0.25, 0.3) is 0 Å². The minimum Gasteiger partial charge on any atom is -0.331 e. The smallest absolute Gasteiger partial charge is 0.263 e. The fourth-order valence-corrected chi connectivity index (χ4v) is 2.71. The lowest BCUT2D eigenvalue weighted by Gasteiger charge is -2.29. The molecule has 0 radical (unpaired) electrons. The van der Waals surface area contributed by atoms with Crippen LogP contribution in [0.1, 0.15) is 25.0 Å². The predicted octanol–water partition coefficient (Wildman–Crippen LogP) is 2.81. The van der Waals surface area contributed by atoms with Crippen LogP contribution < -0.4 is 5.32 Å².